The summed E-state index contributed by atoms with van der Waals surface area (Å²) in [6.07, 6.45) is -0.127. The Morgan fingerprint density at radius 3 is 2.53 bits per heavy atom. The molecular weight excluding hydrogens is 268 g/mol. The van der Waals surface area contributed by atoms with Crippen LogP contribution in [0.25, 0.3) is 0 Å². The van der Waals surface area contributed by atoms with E-state index in [4.69, 9.17) is 5.11 Å². The van der Waals surface area contributed by atoms with Crippen LogP contribution in [-0.4, -0.2) is 52.0 Å². The van der Waals surface area contributed by atoms with Gasteiger partial charge < -0.3 is 15.3 Å². The lowest BCUT2D eigenvalue weighted by molar-refractivity contribution is -0.139. The fourth-order valence-electron chi connectivity index (χ4n) is 1.70. The molecule has 1 aliphatic heterocycles. The van der Waals surface area contributed by atoms with Crippen LogP contribution in [0.4, 0.5) is 0 Å². The Labute approximate surface area is 116 Å². The number of carboxylic acid groups (broad SMARTS) is 1. The van der Waals surface area contributed by atoms with E-state index in [1.54, 1.807) is 0 Å². The van der Waals surface area contributed by atoms with Crippen LogP contribution in [0.5, 0.6) is 0 Å². The van der Waals surface area contributed by atoms with Crippen LogP contribution in [0.3, 0.4) is 0 Å². The Bertz CT molecular complexity index is 378. The maximum atomic E-state index is 11.9. The van der Waals surface area contributed by atoms with E-state index in [0.717, 1.165) is 0 Å². The number of carboxylic acids is 1. The van der Waals surface area contributed by atoms with Crippen molar-refractivity contribution in [2.24, 2.45) is 5.41 Å². The van der Waals surface area contributed by atoms with Crippen LogP contribution in [0.15, 0.2) is 0 Å². The van der Waals surface area contributed by atoms with Crippen LogP contribution in [0.2, 0.25) is 0 Å². The molecule has 1 unspecified atom stereocenters. The van der Waals surface area contributed by atoms with Gasteiger partial charge >= 0.3 is 5.97 Å². The number of nitrogens with one attached hydrogen (secondary N) is 1. The van der Waals surface area contributed by atoms with Crippen molar-refractivity contribution in [2.45, 2.75) is 33.2 Å². The van der Waals surface area contributed by atoms with Crippen molar-refractivity contribution in [3.63, 3.8) is 0 Å². The Morgan fingerprint density at radius 1 is 1.47 bits per heavy atom. The lowest BCUT2D eigenvalue weighted by Crippen LogP contribution is -2.48. The monoisotopic (exact) mass is 288 g/mol. The minimum Gasteiger partial charge on any atom is -0.481 e. The van der Waals surface area contributed by atoms with E-state index in [2.05, 4.69) is 5.32 Å². The molecule has 0 aromatic heterocycles. The SMILES string of the molecule is CC(C)(C)C(CC(=O)O)NC(=O)CN1CSCC1=O. The number of carbonyl (C=O) groups excluding carboxylic acids is 2. The van der Waals surface area contributed by atoms with Crippen LogP contribution in [0, 0.1) is 5.41 Å². The first-order valence-electron chi connectivity index (χ1n) is 6.07. The van der Waals surface area contributed by atoms with Crippen molar-refractivity contribution >= 4 is 29.5 Å². The number of nitrogens with zero attached hydrogens (tertiary/aromatic N) is 1. The molecule has 0 spiro atoms. The average Bonchev–Trinajstić information content (AvgIpc) is 2.61. The number of carbonyl (C=O) groups is 3. The topological polar surface area (TPSA) is 86.7 Å². The summed E-state index contributed by atoms with van der Waals surface area (Å²) in [4.78, 5) is 35.6. The molecule has 0 saturated carbocycles. The van der Waals surface area contributed by atoms with E-state index in [9.17, 15) is 14.4 Å². The highest BCUT2D eigenvalue weighted by molar-refractivity contribution is 8.00. The molecule has 0 radical (unpaired) electrons. The predicted molar refractivity (Wildman–Crippen MR) is 72.7 cm³/mol. The molecule has 0 bridgehead atoms. The van der Waals surface area contributed by atoms with Gasteiger partial charge in [-0.2, -0.15) is 0 Å². The van der Waals surface area contributed by atoms with Gasteiger partial charge in [-0.25, -0.2) is 0 Å². The molecule has 1 aliphatic rings. The minimum atomic E-state index is -0.951. The minimum absolute atomic E-state index is 0.00195. The van der Waals surface area contributed by atoms with Gasteiger partial charge in [0.1, 0.15) is 6.54 Å². The number of rotatable bonds is 5. The standard InChI is InChI=1S/C12H20N2O4S/c1-12(2,3)8(4-11(17)18)13-9(15)5-14-7-19-6-10(14)16/h8H,4-7H2,1-3H3,(H,13,15)(H,17,18). The third kappa shape index (κ3) is 5.10. The first kappa shape index (κ1) is 15.8. The van der Waals surface area contributed by atoms with E-state index in [1.165, 1.54) is 16.7 Å². The third-order valence-electron chi connectivity index (χ3n) is 2.92. The molecule has 1 atom stereocenters. The number of aliphatic carboxylic acids is 1. The normalized spacial score (nSPS) is 17.4. The van der Waals surface area contributed by atoms with Crippen molar-refractivity contribution in [3.05, 3.63) is 0 Å². The summed E-state index contributed by atoms with van der Waals surface area (Å²) in [5.74, 6) is -0.382. The second kappa shape index (κ2) is 6.27. The molecule has 108 valence electrons. The zero-order chi connectivity index (χ0) is 14.6. The number of amides is 2. The zero-order valence-electron chi connectivity index (χ0n) is 11.4. The molecule has 6 nitrogen and oxygen atoms in total. The van der Waals surface area contributed by atoms with Crippen LogP contribution in [0.1, 0.15) is 27.2 Å². The summed E-state index contributed by atoms with van der Waals surface area (Å²) in [5, 5.41) is 11.6. The molecule has 2 N–H and O–H groups in total. The molecule has 7 heteroatoms. The Morgan fingerprint density at radius 2 is 2.11 bits per heavy atom. The largest absolute Gasteiger partial charge is 0.481 e. The van der Waals surface area contributed by atoms with Gasteiger partial charge in [0.25, 0.3) is 0 Å². The van der Waals surface area contributed by atoms with Crippen molar-refractivity contribution in [3.8, 4) is 0 Å². The van der Waals surface area contributed by atoms with E-state index in [0.29, 0.717) is 11.6 Å². The van der Waals surface area contributed by atoms with Gasteiger partial charge in [-0.15, -0.1) is 11.8 Å². The lowest BCUT2D eigenvalue weighted by Gasteiger charge is -2.31. The first-order chi connectivity index (χ1) is 8.70. The van der Waals surface area contributed by atoms with Crippen LogP contribution < -0.4 is 5.32 Å². The Hall–Kier alpha value is -1.24. The smallest absolute Gasteiger partial charge is 0.305 e. The second-order valence-corrected chi connectivity index (χ2v) is 6.61. The molecule has 19 heavy (non-hydrogen) atoms. The molecule has 1 heterocycles. The zero-order valence-corrected chi connectivity index (χ0v) is 12.2. The summed E-state index contributed by atoms with van der Waals surface area (Å²) < 4.78 is 0. The molecule has 1 fully saturated rings. The van der Waals surface area contributed by atoms with Gasteiger partial charge in [-0.3, -0.25) is 14.4 Å². The summed E-state index contributed by atoms with van der Waals surface area (Å²) in [5.41, 5.74) is -0.349. The van der Waals surface area contributed by atoms with Crippen LogP contribution >= 0.6 is 11.8 Å². The van der Waals surface area contributed by atoms with Gasteiger partial charge in [0, 0.05) is 6.04 Å². The van der Waals surface area contributed by atoms with E-state index < -0.39 is 12.0 Å². The summed E-state index contributed by atoms with van der Waals surface area (Å²) in [6, 6.07) is -0.456. The Kier molecular flexibility index (Phi) is 5.22. The fourth-order valence-corrected chi connectivity index (χ4v) is 2.61. The Balaban J connectivity index is 2.56. The van der Waals surface area contributed by atoms with Crippen molar-refractivity contribution < 1.29 is 19.5 Å². The molecule has 1 rings (SSSR count). The third-order valence-corrected chi connectivity index (χ3v) is 3.86. The first-order valence-corrected chi connectivity index (χ1v) is 7.22. The van der Waals surface area contributed by atoms with Crippen LogP contribution in [-0.2, 0) is 14.4 Å². The van der Waals surface area contributed by atoms with Crippen molar-refractivity contribution in [2.75, 3.05) is 18.2 Å². The van der Waals surface area contributed by atoms with Gasteiger partial charge in [0.15, 0.2) is 0 Å². The van der Waals surface area contributed by atoms with Gasteiger partial charge in [0.05, 0.1) is 18.1 Å². The van der Waals surface area contributed by atoms with Crippen molar-refractivity contribution in [1.29, 1.82) is 0 Å². The molecule has 0 aromatic carbocycles. The van der Waals surface area contributed by atoms with Crippen molar-refractivity contribution in [1.82, 2.24) is 10.2 Å². The fraction of sp³-hybridized carbons (Fsp3) is 0.750. The molecule has 2 amide bonds. The second-order valence-electron chi connectivity index (χ2n) is 5.65. The highest BCUT2D eigenvalue weighted by Crippen LogP contribution is 2.22. The number of hydrogen-bond donors (Lipinski definition) is 2. The maximum absolute atomic E-state index is 11.9. The quantitative estimate of drug-likeness (QED) is 0.770. The number of thioether (sulfide) groups is 1. The summed E-state index contributed by atoms with van der Waals surface area (Å²) in [7, 11) is 0. The molecule has 1 saturated heterocycles. The average molecular weight is 288 g/mol. The summed E-state index contributed by atoms with van der Waals surface area (Å²) >= 11 is 1.47. The van der Waals surface area contributed by atoms with Gasteiger partial charge in [-0.05, 0) is 5.41 Å². The highest BCUT2D eigenvalue weighted by Gasteiger charge is 2.30. The lowest BCUT2D eigenvalue weighted by atomic mass is 9.84. The molecular formula is C12H20N2O4S. The van der Waals surface area contributed by atoms with E-state index >= 15 is 0 Å². The predicted octanol–water partition coefficient (Wildman–Crippen LogP) is 0.525. The number of hydrogen-bond acceptors (Lipinski definition) is 4. The van der Waals surface area contributed by atoms with Gasteiger partial charge in [0.2, 0.25) is 11.8 Å². The maximum Gasteiger partial charge on any atom is 0.305 e. The highest BCUT2D eigenvalue weighted by atomic mass is 32.2. The summed E-state index contributed by atoms with van der Waals surface area (Å²) in [6.45, 7) is 5.62. The van der Waals surface area contributed by atoms with E-state index in [-0.39, 0.29) is 30.2 Å². The van der Waals surface area contributed by atoms with E-state index in [1.807, 2.05) is 20.8 Å². The molecule has 0 aliphatic carbocycles. The van der Waals surface area contributed by atoms with Gasteiger partial charge in [-0.1, -0.05) is 20.8 Å². The molecule has 0 aromatic rings.